The van der Waals surface area contributed by atoms with E-state index in [-0.39, 0.29) is 12.3 Å². The largest absolute Gasteiger partial charge is 0.370 e. The maximum Gasteiger partial charge on any atom is 0.246 e. The fraction of sp³-hybridized carbons (Fsp3) is 0.167. The lowest BCUT2D eigenvalue weighted by atomic mass is 10.2. The Balaban J connectivity index is 2.07. The molecule has 0 aliphatic heterocycles. The van der Waals surface area contributed by atoms with Crippen LogP contribution in [0.3, 0.4) is 0 Å². The van der Waals surface area contributed by atoms with Crippen molar-refractivity contribution in [2.45, 2.75) is 13.0 Å². The second-order valence-electron chi connectivity index (χ2n) is 5.08. The third-order valence-corrected chi connectivity index (χ3v) is 3.28. The van der Waals surface area contributed by atoms with Crippen molar-refractivity contribution < 1.29 is 9.59 Å². The van der Waals surface area contributed by atoms with E-state index in [9.17, 15) is 9.59 Å². The van der Waals surface area contributed by atoms with Crippen molar-refractivity contribution in [3.05, 3.63) is 72.1 Å². The molecular formula is C18H19N3O2. The molecule has 0 aliphatic rings. The van der Waals surface area contributed by atoms with Gasteiger partial charge < -0.3 is 10.6 Å². The Morgan fingerprint density at radius 2 is 1.78 bits per heavy atom. The smallest absolute Gasteiger partial charge is 0.246 e. The molecule has 2 aromatic rings. The molecule has 0 aliphatic carbocycles. The number of pyridine rings is 1. The number of carbonyl (C=O) groups is 2. The SMILES string of the molecule is NC(=O)CCN(Cc1ccccc1)C(=O)/C=C/c1ccncc1. The van der Waals surface area contributed by atoms with Gasteiger partial charge in [-0.05, 0) is 29.3 Å². The fourth-order valence-corrected chi connectivity index (χ4v) is 2.06. The second kappa shape index (κ2) is 8.48. The summed E-state index contributed by atoms with van der Waals surface area (Å²) in [7, 11) is 0. The molecule has 1 aromatic carbocycles. The van der Waals surface area contributed by atoms with Gasteiger partial charge in [0.05, 0.1) is 0 Å². The van der Waals surface area contributed by atoms with Crippen molar-refractivity contribution >= 4 is 17.9 Å². The molecule has 0 saturated heterocycles. The predicted molar refractivity (Wildman–Crippen MR) is 88.9 cm³/mol. The first-order valence-electron chi connectivity index (χ1n) is 7.34. The van der Waals surface area contributed by atoms with Gasteiger partial charge in [0.15, 0.2) is 0 Å². The zero-order chi connectivity index (χ0) is 16.5. The molecular weight excluding hydrogens is 290 g/mol. The van der Waals surface area contributed by atoms with Gasteiger partial charge in [0.2, 0.25) is 11.8 Å². The van der Waals surface area contributed by atoms with E-state index in [1.165, 1.54) is 6.08 Å². The molecule has 0 saturated carbocycles. The van der Waals surface area contributed by atoms with E-state index < -0.39 is 5.91 Å². The van der Waals surface area contributed by atoms with Crippen LogP contribution in [0.2, 0.25) is 0 Å². The molecule has 5 heteroatoms. The van der Waals surface area contributed by atoms with Crippen molar-refractivity contribution in [2.75, 3.05) is 6.54 Å². The minimum absolute atomic E-state index is 0.141. The third-order valence-electron chi connectivity index (χ3n) is 3.28. The van der Waals surface area contributed by atoms with Crippen molar-refractivity contribution in [1.29, 1.82) is 0 Å². The van der Waals surface area contributed by atoms with E-state index in [4.69, 9.17) is 5.73 Å². The van der Waals surface area contributed by atoms with E-state index in [1.807, 2.05) is 42.5 Å². The van der Waals surface area contributed by atoms with E-state index >= 15 is 0 Å². The molecule has 1 aromatic heterocycles. The highest BCUT2D eigenvalue weighted by atomic mass is 16.2. The molecule has 0 atom stereocenters. The number of aromatic nitrogens is 1. The van der Waals surface area contributed by atoms with Crippen LogP contribution in [0.4, 0.5) is 0 Å². The molecule has 0 fully saturated rings. The van der Waals surface area contributed by atoms with Crippen LogP contribution in [-0.4, -0.2) is 28.2 Å². The molecule has 2 rings (SSSR count). The average molecular weight is 309 g/mol. The third kappa shape index (κ3) is 5.74. The summed E-state index contributed by atoms with van der Waals surface area (Å²) in [6.45, 7) is 0.734. The quantitative estimate of drug-likeness (QED) is 0.795. The Morgan fingerprint density at radius 1 is 1.09 bits per heavy atom. The van der Waals surface area contributed by atoms with Crippen LogP contribution in [0.25, 0.3) is 6.08 Å². The minimum atomic E-state index is -0.422. The normalized spacial score (nSPS) is 10.6. The summed E-state index contributed by atoms with van der Waals surface area (Å²) in [6, 6.07) is 13.3. The second-order valence-corrected chi connectivity index (χ2v) is 5.08. The average Bonchev–Trinajstić information content (AvgIpc) is 2.58. The molecule has 0 bridgehead atoms. The van der Waals surface area contributed by atoms with Gasteiger partial charge in [-0.2, -0.15) is 0 Å². The summed E-state index contributed by atoms with van der Waals surface area (Å²) in [5.41, 5.74) is 7.09. The van der Waals surface area contributed by atoms with Gasteiger partial charge >= 0.3 is 0 Å². The van der Waals surface area contributed by atoms with Crippen LogP contribution in [0, 0.1) is 0 Å². The Kier molecular flexibility index (Phi) is 6.06. The van der Waals surface area contributed by atoms with Gasteiger partial charge in [0.25, 0.3) is 0 Å². The summed E-state index contributed by atoms with van der Waals surface area (Å²) in [5, 5.41) is 0. The molecule has 2 N–H and O–H groups in total. The Morgan fingerprint density at radius 3 is 2.43 bits per heavy atom. The number of nitrogens with zero attached hydrogens (tertiary/aromatic N) is 2. The first-order valence-corrected chi connectivity index (χ1v) is 7.34. The first-order chi connectivity index (χ1) is 11.1. The van der Waals surface area contributed by atoms with Gasteiger partial charge in [0, 0.05) is 38.0 Å². The summed E-state index contributed by atoms with van der Waals surface area (Å²) >= 11 is 0. The lowest BCUT2D eigenvalue weighted by Crippen LogP contribution is -2.32. The predicted octanol–water partition coefficient (Wildman–Crippen LogP) is 2.00. The number of nitrogens with two attached hydrogens (primary N) is 1. The van der Waals surface area contributed by atoms with E-state index in [0.29, 0.717) is 13.1 Å². The van der Waals surface area contributed by atoms with Crippen molar-refractivity contribution in [3.8, 4) is 0 Å². The highest BCUT2D eigenvalue weighted by Gasteiger charge is 2.12. The Labute approximate surface area is 135 Å². The summed E-state index contributed by atoms with van der Waals surface area (Å²) < 4.78 is 0. The van der Waals surface area contributed by atoms with Crippen LogP contribution in [0.1, 0.15) is 17.5 Å². The Hall–Kier alpha value is -2.95. The van der Waals surface area contributed by atoms with Crippen molar-refractivity contribution in [1.82, 2.24) is 9.88 Å². The number of rotatable bonds is 7. The summed E-state index contributed by atoms with van der Waals surface area (Å²) in [4.78, 5) is 29.0. The van der Waals surface area contributed by atoms with E-state index in [0.717, 1.165) is 11.1 Å². The summed E-state index contributed by atoms with van der Waals surface area (Å²) in [6.07, 6.45) is 6.70. The molecule has 23 heavy (non-hydrogen) atoms. The number of amides is 2. The van der Waals surface area contributed by atoms with Gasteiger partial charge in [-0.15, -0.1) is 0 Å². The zero-order valence-corrected chi connectivity index (χ0v) is 12.8. The molecule has 0 spiro atoms. The standard InChI is InChI=1S/C18H19N3O2/c19-17(22)10-13-21(14-16-4-2-1-3-5-16)18(23)7-6-15-8-11-20-12-9-15/h1-9,11-12H,10,13-14H2,(H2,19,22)/b7-6+. The van der Waals surface area contributed by atoms with Crippen LogP contribution in [0.15, 0.2) is 60.9 Å². The lowest BCUT2D eigenvalue weighted by molar-refractivity contribution is -0.127. The van der Waals surface area contributed by atoms with Crippen LogP contribution >= 0.6 is 0 Å². The van der Waals surface area contributed by atoms with E-state index in [1.54, 1.807) is 23.4 Å². The minimum Gasteiger partial charge on any atom is -0.370 e. The topological polar surface area (TPSA) is 76.3 Å². The molecule has 1 heterocycles. The van der Waals surface area contributed by atoms with Crippen LogP contribution in [0.5, 0.6) is 0 Å². The van der Waals surface area contributed by atoms with Gasteiger partial charge in [-0.3, -0.25) is 14.6 Å². The number of carbonyl (C=O) groups excluding carboxylic acids is 2. The van der Waals surface area contributed by atoms with Gasteiger partial charge in [0.1, 0.15) is 0 Å². The first kappa shape index (κ1) is 16.4. The maximum absolute atomic E-state index is 12.4. The van der Waals surface area contributed by atoms with Crippen molar-refractivity contribution in [2.24, 2.45) is 5.73 Å². The maximum atomic E-state index is 12.4. The number of benzene rings is 1. The molecule has 5 nitrogen and oxygen atoms in total. The monoisotopic (exact) mass is 309 g/mol. The molecule has 0 radical (unpaired) electrons. The molecule has 0 unspecified atom stereocenters. The summed E-state index contributed by atoms with van der Waals surface area (Å²) in [5.74, 6) is -0.583. The highest BCUT2D eigenvalue weighted by Crippen LogP contribution is 2.07. The number of hydrogen-bond donors (Lipinski definition) is 1. The molecule has 118 valence electrons. The highest BCUT2D eigenvalue weighted by molar-refractivity contribution is 5.92. The zero-order valence-electron chi connectivity index (χ0n) is 12.8. The molecule has 2 amide bonds. The van der Waals surface area contributed by atoms with Crippen LogP contribution in [-0.2, 0) is 16.1 Å². The van der Waals surface area contributed by atoms with E-state index in [2.05, 4.69) is 4.98 Å². The van der Waals surface area contributed by atoms with Crippen LogP contribution < -0.4 is 5.73 Å². The number of primary amides is 1. The fourth-order valence-electron chi connectivity index (χ4n) is 2.06. The van der Waals surface area contributed by atoms with Gasteiger partial charge in [-0.1, -0.05) is 30.3 Å². The Bertz CT molecular complexity index is 669. The lowest BCUT2D eigenvalue weighted by Gasteiger charge is -2.20. The number of hydrogen-bond acceptors (Lipinski definition) is 3. The van der Waals surface area contributed by atoms with Gasteiger partial charge in [-0.25, -0.2) is 0 Å². The van der Waals surface area contributed by atoms with Crippen molar-refractivity contribution in [3.63, 3.8) is 0 Å².